The molecule has 1 aromatic heterocycles. The third-order valence-electron chi connectivity index (χ3n) is 4.18. The fourth-order valence-corrected chi connectivity index (χ4v) is 3.35. The smallest absolute Gasteiger partial charge is 0.251 e. The zero-order chi connectivity index (χ0) is 19.5. The quantitative estimate of drug-likeness (QED) is 0.348. The van der Waals surface area contributed by atoms with Crippen LogP contribution in [0.5, 0.6) is 0 Å². The van der Waals surface area contributed by atoms with E-state index in [4.69, 9.17) is 0 Å². The predicted octanol–water partition coefficient (Wildman–Crippen LogP) is 3.84. The van der Waals surface area contributed by atoms with Gasteiger partial charge in [0.15, 0.2) is 5.96 Å². The van der Waals surface area contributed by atoms with E-state index >= 15 is 0 Å². The molecule has 0 aliphatic rings. The van der Waals surface area contributed by atoms with Gasteiger partial charge in [-0.25, -0.2) is 4.99 Å². The van der Waals surface area contributed by atoms with Crippen LogP contribution in [0.1, 0.15) is 53.1 Å². The highest BCUT2D eigenvalue weighted by molar-refractivity contribution is 7.10. The number of benzene rings is 1. The summed E-state index contributed by atoms with van der Waals surface area (Å²) in [6, 6.07) is 9.78. The van der Waals surface area contributed by atoms with Crippen molar-refractivity contribution in [2.24, 2.45) is 4.99 Å². The molecule has 0 atom stereocenters. The Morgan fingerprint density at radius 1 is 1.07 bits per heavy atom. The van der Waals surface area contributed by atoms with Crippen molar-refractivity contribution < 1.29 is 4.79 Å². The van der Waals surface area contributed by atoms with Crippen LogP contribution in [0.25, 0.3) is 0 Å². The highest BCUT2D eigenvalue weighted by Crippen LogP contribution is 2.14. The molecule has 0 spiro atoms. The van der Waals surface area contributed by atoms with Crippen LogP contribution in [-0.2, 0) is 13.1 Å². The molecule has 3 N–H and O–H groups in total. The summed E-state index contributed by atoms with van der Waals surface area (Å²) in [5, 5.41) is 11.7. The molecule has 1 heterocycles. The van der Waals surface area contributed by atoms with E-state index in [1.54, 1.807) is 11.3 Å². The summed E-state index contributed by atoms with van der Waals surface area (Å²) in [5.74, 6) is 0.784. The maximum atomic E-state index is 12.0. The van der Waals surface area contributed by atoms with Gasteiger partial charge < -0.3 is 16.0 Å². The van der Waals surface area contributed by atoms with Crippen molar-refractivity contribution in [1.82, 2.24) is 16.0 Å². The molecule has 0 fully saturated rings. The van der Waals surface area contributed by atoms with Crippen LogP contribution in [0.3, 0.4) is 0 Å². The molecule has 0 aliphatic carbocycles. The first-order valence-electron chi connectivity index (χ1n) is 9.56. The van der Waals surface area contributed by atoms with Gasteiger partial charge in [-0.15, -0.1) is 11.3 Å². The number of amides is 1. The van der Waals surface area contributed by atoms with Crippen LogP contribution < -0.4 is 16.0 Å². The fraction of sp³-hybridized carbons (Fsp3) is 0.429. The lowest BCUT2D eigenvalue weighted by atomic mass is 10.1. The molecule has 0 unspecified atom stereocenters. The molecular weight excluding hydrogens is 356 g/mol. The molecule has 0 saturated carbocycles. The molecule has 2 aromatic rings. The van der Waals surface area contributed by atoms with Crippen molar-refractivity contribution in [1.29, 1.82) is 0 Å². The number of nitrogens with one attached hydrogen (secondary N) is 3. The van der Waals surface area contributed by atoms with Crippen LogP contribution in [0.15, 0.2) is 40.7 Å². The standard InChI is InChI=1S/C21H30N4OS/c1-4-6-12-23-20(26)18-9-7-17(8-10-18)14-24-21(22-5-2)25-15-19-16(3)11-13-27-19/h7-11,13H,4-6,12,14-15H2,1-3H3,(H,23,26)(H2,22,24,25). The minimum absolute atomic E-state index is 0.0141. The number of aliphatic imine (C=N–C) groups is 1. The molecule has 146 valence electrons. The Morgan fingerprint density at radius 2 is 1.85 bits per heavy atom. The van der Waals surface area contributed by atoms with Crippen LogP contribution in [0.2, 0.25) is 0 Å². The van der Waals surface area contributed by atoms with Crippen LogP contribution in [-0.4, -0.2) is 25.0 Å². The lowest BCUT2D eigenvalue weighted by Crippen LogP contribution is -2.36. The molecule has 6 heteroatoms. The number of guanidine groups is 1. The Balaban J connectivity index is 1.90. The molecule has 1 amide bonds. The van der Waals surface area contributed by atoms with Gasteiger partial charge in [0, 0.05) is 23.5 Å². The fourth-order valence-electron chi connectivity index (χ4n) is 2.50. The highest BCUT2D eigenvalue weighted by atomic mass is 32.1. The van der Waals surface area contributed by atoms with Gasteiger partial charge in [0.05, 0.1) is 13.1 Å². The van der Waals surface area contributed by atoms with Crippen molar-refractivity contribution in [3.05, 3.63) is 57.3 Å². The molecule has 0 saturated heterocycles. The molecule has 2 rings (SSSR count). The maximum absolute atomic E-state index is 12.0. The van der Waals surface area contributed by atoms with Gasteiger partial charge in [-0.2, -0.15) is 0 Å². The van der Waals surface area contributed by atoms with Crippen LogP contribution >= 0.6 is 11.3 Å². The van der Waals surface area contributed by atoms with Gasteiger partial charge in [-0.1, -0.05) is 25.5 Å². The number of hydrogen-bond acceptors (Lipinski definition) is 3. The number of hydrogen-bond donors (Lipinski definition) is 3. The molecule has 27 heavy (non-hydrogen) atoms. The zero-order valence-corrected chi connectivity index (χ0v) is 17.3. The Bertz CT molecular complexity index is 737. The number of carbonyl (C=O) groups is 1. The van der Waals surface area contributed by atoms with Crippen molar-refractivity contribution >= 4 is 23.2 Å². The summed E-state index contributed by atoms with van der Waals surface area (Å²) in [6.07, 6.45) is 2.08. The monoisotopic (exact) mass is 386 g/mol. The molecular formula is C21H30N4OS. The van der Waals surface area contributed by atoms with E-state index in [9.17, 15) is 4.79 Å². The average molecular weight is 387 g/mol. The van der Waals surface area contributed by atoms with Gasteiger partial charge in [0.1, 0.15) is 0 Å². The number of nitrogens with zero attached hydrogens (tertiary/aromatic N) is 1. The van der Waals surface area contributed by atoms with E-state index < -0.39 is 0 Å². The van der Waals surface area contributed by atoms with Gasteiger partial charge >= 0.3 is 0 Å². The second-order valence-corrected chi connectivity index (χ2v) is 7.38. The average Bonchev–Trinajstić information content (AvgIpc) is 3.09. The van der Waals surface area contributed by atoms with E-state index in [2.05, 4.69) is 53.2 Å². The Labute approximate surface area is 166 Å². The first-order chi connectivity index (χ1) is 13.1. The molecule has 0 bridgehead atoms. The minimum Gasteiger partial charge on any atom is -0.357 e. The summed E-state index contributed by atoms with van der Waals surface area (Å²) in [5.41, 5.74) is 3.07. The topological polar surface area (TPSA) is 65.5 Å². The first kappa shape index (κ1) is 21.0. The predicted molar refractivity (Wildman–Crippen MR) is 114 cm³/mol. The van der Waals surface area contributed by atoms with E-state index in [1.807, 2.05) is 24.3 Å². The van der Waals surface area contributed by atoms with E-state index in [0.717, 1.165) is 44.0 Å². The van der Waals surface area contributed by atoms with Crippen molar-refractivity contribution in [3.8, 4) is 0 Å². The Hall–Kier alpha value is -2.34. The van der Waals surface area contributed by atoms with Gasteiger partial charge in [0.2, 0.25) is 0 Å². The third kappa shape index (κ3) is 7.06. The maximum Gasteiger partial charge on any atom is 0.251 e. The van der Waals surface area contributed by atoms with Crippen LogP contribution in [0.4, 0.5) is 0 Å². The largest absolute Gasteiger partial charge is 0.357 e. The molecule has 5 nitrogen and oxygen atoms in total. The number of unbranched alkanes of at least 4 members (excludes halogenated alkanes) is 1. The number of aryl methyl sites for hydroxylation is 1. The number of rotatable bonds is 9. The summed E-state index contributed by atoms with van der Waals surface area (Å²) >= 11 is 1.75. The first-order valence-corrected chi connectivity index (χ1v) is 10.4. The molecule has 0 radical (unpaired) electrons. The molecule has 0 aliphatic heterocycles. The van der Waals surface area contributed by atoms with Gasteiger partial charge in [-0.05, 0) is 55.0 Å². The SMILES string of the molecule is CCCCNC(=O)c1ccc(CN=C(NCC)NCc2sccc2C)cc1. The Morgan fingerprint density at radius 3 is 2.48 bits per heavy atom. The lowest BCUT2D eigenvalue weighted by Gasteiger charge is -2.11. The zero-order valence-electron chi connectivity index (χ0n) is 16.5. The van der Waals surface area contributed by atoms with Gasteiger partial charge in [0.25, 0.3) is 5.91 Å². The summed E-state index contributed by atoms with van der Waals surface area (Å²) in [6.45, 7) is 9.16. The normalized spacial score (nSPS) is 11.3. The highest BCUT2D eigenvalue weighted by Gasteiger charge is 2.05. The number of thiophene rings is 1. The van der Waals surface area contributed by atoms with E-state index in [0.29, 0.717) is 12.1 Å². The lowest BCUT2D eigenvalue weighted by molar-refractivity contribution is 0.0953. The number of carbonyl (C=O) groups excluding carboxylic acids is 1. The summed E-state index contributed by atoms with van der Waals surface area (Å²) in [4.78, 5) is 18.0. The van der Waals surface area contributed by atoms with E-state index in [1.165, 1.54) is 10.4 Å². The van der Waals surface area contributed by atoms with Gasteiger partial charge in [-0.3, -0.25) is 4.79 Å². The minimum atomic E-state index is -0.0141. The van der Waals surface area contributed by atoms with E-state index in [-0.39, 0.29) is 5.91 Å². The second kappa shape index (κ2) is 11.4. The van der Waals surface area contributed by atoms with Crippen LogP contribution in [0, 0.1) is 6.92 Å². The Kier molecular flexibility index (Phi) is 8.84. The summed E-state index contributed by atoms with van der Waals surface area (Å²) < 4.78 is 0. The van der Waals surface area contributed by atoms with Crippen molar-refractivity contribution in [3.63, 3.8) is 0 Å². The van der Waals surface area contributed by atoms with Crippen molar-refractivity contribution in [2.45, 2.75) is 46.7 Å². The third-order valence-corrected chi connectivity index (χ3v) is 5.20. The summed E-state index contributed by atoms with van der Waals surface area (Å²) in [7, 11) is 0. The molecule has 1 aromatic carbocycles. The second-order valence-electron chi connectivity index (χ2n) is 6.38. The van der Waals surface area contributed by atoms with Crippen molar-refractivity contribution in [2.75, 3.05) is 13.1 Å².